The van der Waals surface area contributed by atoms with Crippen LogP contribution in [0.1, 0.15) is 39.5 Å². The van der Waals surface area contributed by atoms with Crippen LogP contribution in [0, 0.1) is 0 Å². The van der Waals surface area contributed by atoms with Crippen molar-refractivity contribution in [1.82, 2.24) is 30.1 Å². The molecule has 0 aromatic carbocycles. The molecule has 3 aromatic rings. The van der Waals surface area contributed by atoms with E-state index in [1.54, 1.807) is 37.1 Å². The summed E-state index contributed by atoms with van der Waals surface area (Å²) in [4.78, 5) is 16.6. The molecular weight excluding hydrogens is 501 g/mol. The van der Waals surface area contributed by atoms with E-state index in [-0.39, 0.29) is 0 Å². The zero-order chi connectivity index (χ0) is 27.4. The molecule has 0 saturated carbocycles. The zero-order valence-electron chi connectivity index (χ0n) is 22.6. The monoisotopic (exact) mass is 536 g/mol. The average Bonchev–Trinajstić information content (AvgIpc) is 2.99. The molecule has 0 radical (unpaired) electrons. The topological polar surface area (TPSA) is 133 Å². The van der Waals surface area contributed by atoms with Gasteiger partial charge in [-0.15, -0.1) is 0 Å². The SMILES string of the molecule is CCOB(OCCCCOB(OCCCCOB(OCC)c1cccnn1)c1ccncn1)c1cnccn1. The van der Waals surface area contributed by atoms with Crippen molar-refractivity contribution in [3.8, 4) is 0 Å². The highest BCUT2D eigenvalue weighted by molar-refractivity contribution is 6.61. The van der Waals surface area contributed by atoms with Gasteiger partial charge < -0.3 is 27.9 Å². The summed E-state index contributed by atoms with van der Waals surface area (Å²) in [5.41, 5.74) is 1.98. The Bertz CT molecular complexity index is 944. The van der Waals surface area contributed by atoms with Gasteiger partial charge in [0.25, 0.3) is 0 Å². The maximum atomic E-state index is 6.01. The van der Waals surface area contributed by atoms with E-state index in [2.05, 4.69) is 30.1 Å². The van der Waals surface area contributed by atoms with Crippen LogP contribution in [0.15, 0.2) is 55.5 Å². The van der Waals surface area contributed by atoms with E-state index in [0.717, 1.165) is 25.7 Å². The van der Waals surface area contributed by atoms with Gasteiger partial charge in [0.15, 0.2) is 0 Å². The first-order valence-electron chi connectivity index (χ1n) is 13.3. The van der Waals surface area contributed by atoms with Crippen LogP contribution >= 0.6 is 0 Å². The second-order valence-electron chi connectivity index (χ2n) is 8.22. The number of hydrogen-bond acceptors (Lipinski definition) is 12. The van der Waals surface area contributed by atoms with E-state index in [9.17, 15) is 0 Å². The first-order chi connectivity index (χ1) is 19.3. The molecule has 3 rings (SSSR count). The quantitative estimate of drug-likeness (QED) is 0.137. The Hall–Kier alpha value is -2.81. The lowest BCUT2D eigenvalue weighted by atomic mass is 9.84. The average molecular weight is 536 g/mol. The van der Waals surface area contributed by atoms with Crippen LogP contribution in [0.4, 0.5) is 0 Å². The minimum absolute atomic E-state index is 0.486. The van der Waals surface area contributed by atoms with Crippen LogP contribution < -0.4 is 16.8 Å². The second kappa shape index (κ2) is 19.3. The molecule has 0 amide bonds. The molecule has 0 atom stereocenters. The zero-order valence-corrected chi connectivity index (χ0v) is 22.6. The van der Waals surface area contributed by atoms with Crippen molar-refractivity contribution >= 4 is 38.1 Å². The van der Waals surface area contributed by atoms with Gasteiger partial charge >= 0.3 is 21.4 Å². The summed E-state index contributed by atoms with van der Waals surface area (Å²) in [6.07, 6.45) is 12.8. The van der Waals surface area contributed by atoms with Crippen molar-refractivity contribution in [3.05, 3.63) is 55.5 Å². The van der Waals surface area contributed by atoms with Gasteiger partial charge in [0.2, 0.25) is 0 Å². The molecule has 0 spiro atoms. The number of aromatic nitrogens is 6. The fraction of sp³-hybridized carbons (Fsp3) is 0.500. The van der Waals surface area contributed by atoms with Gasteiger partial charge in [-0.3, -0.25) is 9.97 Å². The lowest BCUT2D eigenvalue weighted by molar-refractivity contribution is 0.177. The molecule has 0 aliphatic carbocycles. The molecule has 206 valence electrons. The smallest absolute Gasteiger partial charge is 0.407 e. The molecule has 0 N–H and O–H groups in total. The van der Waals surface area contributed by atoms with Crippen molar-refractivity contribution in [2.24, 2.45) is 0 Å². The Kier molecular flexibility index (Phi) is 15.2. The number of unbranched alkanes of at least 4 members (excludes halogenated alkanes) is 2. The largest absolute Gasteiger partial charge is 0.515 e. The molecule has 0 bridgehead atoms. The number of hydrogen-bond donors (Lipinski definition) is 0. The molecule has 3 heterocycles. The van der Waals surface area contributed by atoms with Gasteiger partial charge in [0.05, 0.1) is 16.8 Å². The lowest BCUT2D eigenvalue weighted by Gasteiger charge is -2.16. The van der Waals surface area contributed by atoms with Crippen LogP contribution in [0.5, 0.6) is 0 Å². The summed E-state index contributed by atoms with van der Waals surface area (Å²) in [5.74, 6) is 0. The van der Waals surface area contributed by atoms with Crippen LogP contribution in [-0.4, -0.2) is 91.1 Å². The molecule has 39 heavy (non-hydrogen) atoms. The summed E-state index contributed by atoms with van der Waals surface area (Å²) >= 11 is 0. The standard InChI is InChI=1S/C24H35B3N6O6/c1-3-34-26(23-10-9-12-32-33-23)38-18-7-5-16-36-25(22-11-13-29-21-31-22)37-17-6-8-19-39-27(35-4-2)24-20-28-14-15-30-24/h9-15,20-21H,3-8,16-19H2,1-2H3. The highest BCUT2D eigenvalue weighted by atomic mass is 16.6. The van der Waals surface area contributed by atoms with Crippen LogP contribution in [0.2, 0.25) is 0 Å². The van der Waals surface area contributed by atoms with E-state index in [4.69, 9.17) is 27.9 Å². The Morgan fingerprint density at radius 3 is 1.69 bits per heavy atom. The Morgan fingerprint density at radius 1 is 0.590 bits per heavy atom. The van der Waals surface area contributed by atoms with Crippen LogP contribution in [-0.2, 0) is 27.9 Å². The van der Waals surface area contributed by atoms with Gasteiger partial charge in [-0.05, 0) is 57.7 Å². The fourth-order valence-corrected chi connectivity index (χ4v) is 3.44. The third kappa shape index (κ3) is 11.9. The normalized spacial score (nSPS) is 10.9. The van der Waals surface area contributed by atoms with E-state index in [1.165, 1.54) is 6.33 Å². The third-order valence-electron chi connectivity index (χ3n) is 5.30. The highest BCUT2D eigenvalue weighted by Crippen LogP contribution is 2.01. The van der Waals surface area contributed by atoms with Gasteiger partial charge in [0, 0.05) is 70.6 Å². The van der Waals surface area contributed by atoms with Crippen molar-refractivity contribution in [1.29, 1.82) is 0 Å². The summed E-state index contributed by atoms with van der Waals surface area (Å²) in [7, 11) is -1.65. The molecule has 0 aliphatic heterocycles. The van der Waals surface area contributed by atoms with E-state index >= 15 is 0 Å². The van der Waals surface area contributed by atoms with Crippen LogP contribution in [0.25, 0.3) is 0 Å². The molecule has 0 unspecified atom stereocenters. The van der Waals surface area contributed by atoms with E-state index in [0.29, 0.717) is 56.4 Å². The Labute approximate surface area is 231 Å². The number of rotatable bonds is 21. The molecule has 0 aliphatic rings. The lowest BCUT2D eigenvalue weighted by Crippen LogP contribution is -2.40. The Balaban J connectivity index is 1.35. The van der Waals surface area contributed by atoms with Gasteiger partial charge in [-0.1, -0.05) is 0 Å². The summed E-state index contributed by atoms with van der Waals surface area (Å²) in [6, 6.07) is 5.43. The molecule has 0 saturated heterocycles. The molecular formula is C24H35B3N6O6. The van der Waals surface area contributed by atoms with Crippen LogP contribution in [0.3, 0.4) is 0 Å². The highest BCUT2D eigenvalue weighted by Gasteiger charge is 2.25. The molecule has 15 heteroatoms. The van der Waals surface area contributed by atoms with Crippen molar-refractivity contribution < 1.29 is 27.9 Å². The van der Waals surface area contributed by atoms with E-state index < -0.39 is 21.4 Å². The maximum absolute atomic E-state index is 6.01. The van der Waals surface area contributed by atoms with Gasteiger partial charge in [-0.25, -0.2) is 9.97 Å². The van der Waals surface area contributed by atoms with Crippen molar-refractivity contribution in [2.45, 2.75) is 39.5 Å². The molecule has 12 nitrogen and oxygen atoms in total. The first-order valence-corrected chi connectivity index (χ1v) is 13.3. The Morgan fingerprint density at radius 2 is 1.21 bits per heavy atom. The first kappa shape index (κ1) is 30.7. The predicted molar refractivity (Wildman–Crippen MR) is 148 cm³/mol. The van der Waals surface area contributed by atoms with Gasteiger partial charge in [-0.2, -0.15) is 10.2 Å². The van der Waals surface area contributed by atoms with Crippen molar-refractivity contribution in [3.63, 3.8) is 0 Å². The second-order valence-corrected chi connectivity index (χ2v) is 8.22. The summed E-state index contributed by atoms with van der Waals surface area (Å²) in [5, 5.41) is 7.97. The number of nitrogens with zero attached hydrogens (tertiary/aromatic N) is 6. The maximum Gasteiger partial charge on any atom is 0.515 e. The van der Waals surface area contributed by atoms with E-state index in [1.807, 2.05) is 26.0 Å². The third-order valence-corrected chi connectivity index (χ3v) is 5.30. The summed E-state index contributed by atoms with van der Waals surface area (Å²) < 4.78 is 35.0. The fourth-order valence-electron chi connectivity index (χ4n) is 3.44. The molecule has 0 fully saturated rings. The molecule has 3 aromatic heterocycles. The minimum Gasteiger partial charge on any atom is -0.407 e. The summed E-state index contributed by atoms with van der Waals surface area (Å²) in [6.45, 7) is 6.84. The minimum atomic E-state index is -0.582. The predicted octanol–water partition coefficient (Wildman–Crippen LogP) is 0.242. The van der Waals surface area contributed by atoms with Gasteiger partial charge in [0.1, 0.15) is 6.33 Å². The van der Waals surface area contributed by atoms with Crippen molar-refractivity contribution in [2.75, 3.05) is 39.6 Å².